The van der Waals surface area contributed by atoms with Crippen molar-refractivity contribution in [1.29, 1.82) is 0 Å². The van der Waals surface area contributed by atoms with Gasteiger partial charge in [-0.1, -0.05) is 105 Å². The number of nitrogens with two attached hydrogens (primary N) is 1. The van der Waals surface area contributed by atoms with Gasteiger partial charge >= 0.3 is 5.97 Å². The Hall–Kier alpha value is -0.610. The van der Waals surface area contributed by atoms with Crippen molar-refractivity contribution in [2.75, 3.05) is 19.8 Å². The molecule has 0 spiro atoms. The maximum Gasteiger partial charge on any atom is 0.303 e. The lowest BCUT2D eigenvalue weighted by atomic mass is 10.0. The maximum atomic E-state index is 10.3. The van der Waals surface area contributed by atoms with Crippen molar-refractivity contribution in [1.82, 2.24) is 0 Å². The Kier molecular flexibility index (Phi) is 28.8. The summed E-state index contributed by atoms with van der Waals surface area (Å²) in [6.07, 6.45) is 20.8. The molecule has 4 heteroatoms. The van der Waals surface area contributed by atoms with Crippen LogP contribution in [0.3, 0.4) is 0 Å². The zero-order chi connectivity index (χ0) is 23.6. The molecular weight excluding hydrogens is 386 g/mol. The van der Waals surface area contributed by atoms with Crippen molar-refractivity contribution in [3.63, 3.8) is 0 Å². The molecule has 0 aromatic rings. The molecule has 0 heterocycles. The molecule has 0 saturated carbocycles. The van der Waals surface area contributed by atoms with E-state index in [-0.39, 0.29) is 0 Å². The summed E-state index contributed by atoms with van der Waals surface area (Å²) in [6, 6.07) is 0. The summed E-state index contributed by atoms with van der Waals surface area (Å²) in [4.78, 5) is 10.3. The van der Waals surface area contributed by atoms with E-state index in [0.29, 0.717) is 6.42 Å². The van der Waals surface area contributed by atoms with Gasteiger partial charge in [0.15, 0.2) is 0 Å². The predicted molar refractivity (Wildman–Crippen MR) is 136 cm³/mol. The Balaban J connectivity index is 0. The topological polar surface area (TPSA) is 72.5 Å². The normalized spacial score (nSPS) is 11.1. The molecule has 3 N–H and O–H groups in total. The van der Waals surface area contributed by atoms with Crippen LogP contribution in [0.15, 0.2) is 0 Å². The largest absolute Gasteiger partial charge is 0.481 e. The molecular formula is C27H57NO3. The summed E-state index contributed by atoms with van der Waals surface area (Å²) >= 11 is 0. The SMILES string of the molecule is CC(C)CCCCCCCCCCCCCCC(=O)O.CC(C)CCCOCCCN. The lowest BCUT2D eigenvalue weighted by Crippen LogP contribution is -2.05. The molecule has 0 unspecified atom stereocenters. The van der Waals surface area contributed by atoms with Crippen molar-refractivity contribution in [2.45, 2.75) is 137 Å². The summed E-state index contributed by atoms with van der Waals surface area (Å²) in [5.74, 6) is 1.01. The van der Waals surface area contributed by atoms with Crippen LogP contribution in [0.1, 0.15) is 137 Å². The Morgan fingerprint density at radius 1 is 0.645 bits per heavy atom. The van der Waals surface area contributed by atoms with Crippen molar-refractivity contribution in [3.8, 4) is 0 Å². The molecule has 31 heavy (non-hydrogen) atoms. The first kappa shape index (κ1) is 32.6. The number of carboxylic acid groups (broad SMARTS) is 1. The van der Waals surface area contributed by atoms with Gasteiger partial charge in [0.1, 0.15) is 0 Å². The number of ether oxygens (including phenoxy) is 1. The van der Waals surface area contributed by atoms with Gasteiger partial charge < -0.3 is 15.6 Å². The highest BCUT2D eigenvalue weighted by molar-refractivity contribution is 5.66. The van der Waals surface area contributed by atoms with Gasteiger partial charge in [0.05, 0.1) is 0 Å². The Labute approximate surface area is 195 Å². The molecule has 0 aromatic carbocycles. The van der Waals surface area contributed by atoms with Gasteiger partial charge in [-0.05, 0) is 44.1 Å². The molecule has 0 amide bonds. The lowest BCUT2D eigenvalue weighted by Gasteiger charge is -2.04. The molecule has 0 saturated heterocycles. The van der Waals surface area contributed by atoms with E-state index in [1.54, 1.807) is 0 Å². The van der Waals surface area contributed by atoms with Crippen LogP contribution < -0.4 is 5.73 Å². The third kappa shape index (κ3) is 37.1. The van der Waals surface area contributed by atoms with E-state index in [2.05, 4.69) is 27.7 Å². The Bertz CT molecular complexity index is 345. The van der Waals surface area contributed by atoms with E-state index in [0.717, 1.165) is 50.9 Å². The molecule has 0 aliphatic heterocycles. The summed E-state index contributed by atoms with van der Waals surface area (Å²) < 4.78 is 5.34. The third-order valence-corrected chi connectivity index (χ3v) is 5.49. The number of unbranched alkanes of at least 4 members (excludes halogenated alkanes) is 11. The van der Waals surface area contributed by atoms with E-state index in [1.807, 2.05) is 0 Å². The number of hydrogen-bond donors (Lipinski definition) is 2. The number of carbonyl (C=O) groups is 1. The fourth-order valence-corrected chi connectivity index (χ4v) is 3.48. The number of hydrogen-bond acceptors (Lipinski definition) is 3. The fourth-order valence-electron chi connectivity index (χ4n) is 3.48. The Morgan fingerprint density at radius 2 is 1.03 bits per heavy atom. The molecule has 0 fully saturated rings. The summed E-state index contributed by atoms with van der Waals surface area (Å²) in [6.45, 7) is 11.6. The zero-order valence-electron chi connectivity index (χ0n) is 21.6. The van der Waals surface area contributed by atoms with Gasteiger partial charge in [0, 0.05) is 19.6 Å². The van der Waals surface area contributed by atoms with Gasteiger partial charge in [-0.15, -0.1) is 0 Å². The van der Waals surface area contributed by atoms with Crippen molar-refractivity contribution in [3.05, 3.63) is 0 Å². The maximum absolute atomic E-state index is 10.3. The first-order valence-electron chi connectivity index (χ1n) is 13.4. The van der Waals surface area contributed by atoms with Crippen LogP contribution in [0.5, 0.6) is 0 Å². The van der Waals surface area contributed by atoms with Crippen LogP contribution >= 0.6 is 0 Å². The minimum Gasteiger partial charge on any atom is -0.481 e. The van der Waals surface area contributed by atoms with Crippen LogP contribution in [0.2, 0.25) is 0 Å². The van der Waals surface area contributed by atoms with Gasteiger partial charge in [-0.2, -0.15) is 0 Å². The molecule has 0 atom stereocenters. The molecule has 0 rings (SSSR count). The highest BCUT2D eigenvalue weighted by Gasteiger charge is 1.97. The summed E-state index contributed by atoms with van der Waals surface area (Å²) in [5.41, 5.74) is 5.31. The average molecular weight is 444 g/mol. The van der Waals surface area contributed by atoms with Crippen LogP contribution in [-0.4, -0.2) is 30.8 Å². The second-order valence-electron chi connectivity index (χ2n) is 9.86. The minimum atomic E-state index is -0.654. The molecule has 188 valence electrons. The van der Waals surface area contributed by atoms with Crippen molar-refractivity contribution in [2.24, 2.45) is 17.6 Å². The van der Waals surface area contributed by atoms with Gasteiger partial charge in [0.25, 0.3) is 0 Å². The standard InChI is InChI=1S/C18H36O2.C9H21NO/c1-17(2)15-13-11-9-7-5-3-4-6-8-10-12-14-16-18(19)20;1-9(2)5-3-7-11-8-4-6-10/h17H,3-16H2,1-2H3,(H,19,20);9H,3-8,10H2,1-2H3. The molecule has 0 radical (unpaired) electrons. The second kappa shape index (κ2) is 27.4. The zero-order valence-corrected chi connectivity index (χ0v) is 21.6. The fraction of sp³-hybridized carbons (Fsp3) is 0.963. The minimum absolute atomic E-state index is 0.344. The summed E-state index contributed by atoms with van der Waals surface area (Å²) in [7, 11) is 0. The van der Waals surface area contributed by atoms with Crippen molar-refractivity contribution < 1.29 is 14.6 Å². The molecule has 0 aromatic heterocycles. The van der Waals surface area contributed by atoms with Crippen LogP contribution in [0.25, 0.3) is 0 Å². The monoisotopic (exact) mass is 443 g/mol. The lowest BCUT2D eigenvalue weighted by molar-refractivity contribution is -0.137. The van der Waals surface area contributed by atoms with Crippen molar-refractivity contribution >= 4 is 5.97 Å². The van der Waals surface area contributed by atoms with Gasteiger partial charge in [0.2, 0.25) is 0 Å². The second-order valence-corrected chi connectivity index (χ2v) is 9.86. The first-order chi connectivity index (χ1) is 14.9. The van der Waals surface area contributed by atoms with Crippen LogP contribution in [-0.2, 0) is 9.53 Å². The smallest absolute Gasteiger partial charge is 0.303 e. The number of carboxylic acids is 1. The van der Waals surface area contributed by atoms with E-state index in [9.17, 15) is 4.79 Å². The summed E-state index contributed by atoms with van der Waals surface area (Å²) in [5, 5.41) is 8.52. The Morgan fingerprint density at radius 3 is 1.45 bits per heavy atom. The molecule has 4 nitrogen and oxygen atoms in total. The van der Waals surface area contributed by atoms with E-state index in [4.69, 9.17) is 15.6 Å². The van der Waals surface area contributed by atoms with Gasteiger partial charge in [-0.3, -0.25) is 4.79 Å². The predicted octanol–water partition coefficient (Wildman–Crippen LogP) is 7.98. The van der Waals surface area contributed by atoms with Crippen LogP contribution in [0, 0.1) is 11.8 Å². The highest BCUT2D eigenvalue weighted by Crippen LogP contribution is 2.14. The quantitative estimate of drug-likeness (QED) is 0.166. The van der Waals surface area contributed by atoms with E-state index in [1.165, 1.54) is 83.5 Å². The average Bonchev–Trinajstić information content (AvgIpc) is 2.70. The number of aliphatic carboxylic acids is 1. The van der Waals surface area contributed by atoms with Crippen LogP contribution in [0.4, 0.5) is 0 Å². The molecule has 0 aliphatic carbocycles. The van der Waals surface area contributed by atoms with E-state index >= 15 is 0 Å². The number of rotatable bonds is 22. The van der Waals surface area contributed by atoms with Gasteiger partial charge in [-0.25, -0.2) is 0 Å². The third-order valence-electron chi connectivity index (χ3n) is 5.49. The highest BCUT2D eigenvalue weighted by atomic mass is 16.5. The first-order valence-corrected chi connectivity index (χ1v) is 13.4. The van der Waals surface area contributed by atoms with E-state index < -0.39 is 5.97 Å². The molecule has 0 bridgehead atoms. The molecule has 0 aliphatic rings.